The Bertz CT molecular complexity index is 985. The average Bonchev–Trinajstić information content (AvgIpc) is 3.22. The molecule has 3 heterocycles. The molecule has 2 aromatic rings. The summed E-state index contributed by atoms with van der Waals surface area (Å²) in [6, 6.07) is 11.7. The van der Waals surface area contributed by atoms with Crippen LogP contribution in [0.1, 0.15) is 44.1 Å². The summed E-state index contributed by atoms with van der Waals surface area (Å²) in [5.41, 5.74) is 5.90. The number of hydrogen-bond donors (Lipinski definition) is 2. The molecule has 3 N–H and O–H groups in total. The first-order chi connectivity index (χ1) is 15.3. The number of carbonyl (C=O) groups excluding carboxylic acids is 1. The van der Waals surface area contributed by atoms with Gasteiger partial charge in [0.2, 0.25) is 5.91 Å². The first-order valence-corrected chi connectivity index (χ1v) is 11.5. The first kappa shape index (κ1) is 22.5. The van der Waals surface area contributed by atoms with Crippen LogP contribution in [-0.2, 0) is 11.3 Å². The van der Waals surface area contributed by atoms with Crippen LogP contribution in [0.15, 0.2) is 47.5 Å². The number of anilines is 1. The minimum absolute atomic E-state index is 0.107. The molecule has 4 rings (SSSR count). The van der Waals surface area contributed by atoms with Crippen molar-refractivity contribution in [2.75, 3.05) is 31.1 Å². The van der Waals surface area contributed by atoms with E-state index >= 15 is 0 Å². The van der Waals surface area contributed by atoms with Gasteiger partial charge in [-0.1, -0.05) is 37.3 Å². The van der Waals surface area contributed by atoms with Crippen LogP contribution in [0.4, 0.5) is 5.82 Å². The van der Waals surface area contributed by atoms with Crippen LogP contribution in [0.5, 0.6) is 0 Å². The van der Waals surface area contributed by atoms with Gasteiger partial charge in [0.15, 0.2) is 0 Å². The number of nitrogens with two attached hydrogens (primary N) is 1. The molecule has 0 aliphatic carbocycles. The van der Waals surface area contributed by atoms with E-state index in [0.717, 1.165) is 18.5 Å². The number of carbonyl (C=O) groups is 1. The fourth-order valence-electron chi connectivity index (χ4n) is 4.64. The Balaban J connectivity index is 1.32. The van der Waals surface area contributed by atoms with Crippen molar-refractivity contribution in [3.63, 3.8) is 0 Å². The molecule has 172 valence electrons. The van der Waals surface area contributed by atoms with Crippen molar-refractivity contribution in [1.29, 1.82) is 0 Å². The summed E-state index contributed by atoms with van der Waals surface area (Å²) in [6.45, 7) is 4.72. The molecule has 8 heteroatoms. The number of likely N-dealkylation sites (tertiary alicyclic amines) is 1. The van der Waals surface area contributed by atoms with Crippen molar-refractivity contribution < 1.29 is 9.90 Å². The largest absolute Gasteiger partial charge is 0.388 e. The van der Waals surface area contributed by atoms with Gasteiger partial charge in [-0.2, -0.15) is 0 Å². The van der Waals surface area contributed by atoms with Crippen molar-refractivity contribution in [3.05, 3.63) is 58.6 Å². The normalized spacial score (nSPS) is 21.5. The SMILES string of the molecule is C[C@H](CC(=O)N1CCC(O)(Cn2cnc(N3CC[C@H](N)C3)cc2=O)CC1)c1ccccc1. The van der Waals surface area contributed by atoms with E-state index in [1.165, 1.54) is 17.0 Å². The zero-order chi connectivity index (χ0) is 22.7. The Morgan fingerprint density at radius 3 is 2.59 bits per heavy atom. The Labute approximate surface area is 188 Å². The lowest BCUT2D eigenvalue weighted by atomic mass is 9.90. The summed E-state index contributed by atoms with van der Waals surface area (Å²) in [5, 5.41) is 11.1. The van der Waals surface area contributed by atoms with Gasteiger partial charge in [-0.05, 0) is 30.7 Å². The fraction of sp³-hybridized carbons (Fsp3) is 0.542. The van der Waals surface area contributed by atoms with Gasteiger partial charge in [0.05, 0.1) is 18.5 Å². The lowest BCUT2D eigenvalue weighted by Crippen LogP contribution is -2.49. The molecular weight excluding hydrogens is 406 g/mol. The molecule has 32 heavy (non-hydrogen) atoms. The number of benzene rings is 1. The van der Waals surface area contributed by atoms with Crippen molar-refractivity contribution in [2.45, 2.75) is 56.7 Å². The molecule has 1 amide bonds. The van der Waals surface area contributed by atoms with Crippen molar-refractivity contribution in [3.8, 4) is 0 Å². The predicted octanol–water partition coefficient (Wildman–Crippen LogP) is 1.33. The number of hydrogen-bond acceptors (Lipinski definition) is 6. The molecule has 0 spiro atoms. The lowest BCUT2D eigenvalue weighted by Gasteiger charge is -2.38. The minimum atomic E-state index is -1.02. The van der Waals surface area contributed by atoms with Gasteiger partial charge in [0, 0.05) is 44.7 Å². The van der Waals surface area contributed by atoms with E-state index in [2.05, 4.69) is 11.9 Å². The summed E-state index contributed by atoms with van der Waals surface area (Å²) in [6.07, 6.45) is 3.73. The molecule has 2 aliphatic rings. The van der Waals surface area contributed by atoms with E-state index in [1.807, 2.05) is 40.1 Å². The molecular formula is C24H33N5O3. The van der Waals surface area contributed by atoms with Gasteiger partial charge >= 0.3 is 0 Å². The van der Waals surface area contributed by atoms with Crippen LogP contribution in [-0.4, -0.2) is 63.3 Å². The predicted molar refractivity (Wildman–Crippen MR) is 124 cm³/mol. The lowest BCUT2D eigenvalue weighted by molar-refractivity contribution is -0.136. The average molecular weight is 440 g/mol. The van der Waals surface area contributed by atoms with E-state index in [-0.39, 0.29) is 30.0 Å². The molecule has 1 aromatic carbocycles. The Morgan fingerprint density at radius 2 is 1.97 bits per heavy atom. The van der Waals surface area contributed by atoms with Gasteiger partial charge < -0.3 is 20.6 Å². The molecule has 0 bridgehead atoms. The molecule has 2 fully saturated rings. The minimum Gasteiger partial charge on any atom is -0.388 e. The topological polar surface area (TPSA) is 105 Å². The van der Waals surface area contributed by atoms with Crippen molar-refractivity contribution in [1.82, 2.24) is 14.5 Å². The molecule has 2 atom stereocenters. The van der Waals surface area contributed by atoms with Crippen LogP contribution in [0.3, 0.4) is 0 Å². The number of aliphatic hydroxyl groups is 1. The van der Waals surface area contributed by atoms with Gasteiger partial charge in [0.25, 0.3) is 5.56 Å². The van der Waals surface area contributed by atoms with Gasteiger partial charge in [-0.15, -0.1) is 0 Å². The Morgan fingerprint density at radius 1 is 1.25 bits per heavy atom. The third kappa shape index (κ3) is 5.19. The zero-order valence-electron chi connectivity index (χ0n) is 18.7. The van der Waals surface area contributed by atoms with Crippen LogP contribution in [0.2, 0.25) is 0 Å². The first-order valence-electron chi connectivity index (χ1n) is 11.5. The third-order valence-electron chi connectivity index (χ3n) is 6.77. The maximum Gasteiger partial charge on any atom is 0.255 e. The number of rotatable bonds is 6. The molecule has 2 saturated heterocycles. The third-order valence-corrected chi connectivity index (χ3v) is 6.77. The number of nitrogens with zero attached hydrogens (tertiary/aromatic N) is 4. The molecule has 8 nitrogen and oxygen atoms in total. The summed E-state index contributed by atoms with van der Waals surface area (Å²) in [4.78, 5) is 33.6. The second kappa shape index (κ2) is 9.42. The molecule has 1 aromatic heterocycles. The van der Waals surface area contributed by atoms with Crippen LogP contribution >= 0.6 is 0 Å². The fourth-order valence-corrected chi connectivity index (χ4v) is 4.64. The van der Waals surface area contributed by atoms with E-state index in [9.17, 15) is 14.7 Å². The van der Waals surface area contributed by atoms with E-state index in [1.54, 1.807) is 0 Å². The van der Waals surface area contributed by atoms with Gasteiger partial charge in [-0.3, -0.25) is 14.2 Å². The second-order valence-electron chi connectivity index (χ2n) is 9.33. The maximum atomic E-state index is 12.8. The summed E-state index contributed by atoms with van der Waals surface area (Å²) < 4.78 is 1.47. The second-order valence-corrected chi connectivity index (χ2v) is 9.33. The molecule has 0 unspecified atom stereocenters. The highest BCUT2D eigenvalue weighted by Crippen LogP contribution is 2.26. The van der Waals surface area contributed by atoms with E-state index < -0.39 is 5.60 Å². The van der Waals surface area contributed by atoms with Crippen molar-refractivity contribution >= 4 is 11.7 Å². The molecule has 0 radical (unpaired) electrons. The van der Waals surface area contributed by atoms with E-state index in [0.29, 0.717) is 44.7 Å². The molecule has 0 saturated carbocycles. The highest BCUT2D eigenvalue weighted by Gasteiger charge is 2.35. The number of piperidine rings is 1. The summed E-state index contributed by atoms with van der Waals surface area (Å²) in [7, 11) is 0. The Kier molecular flexibility index (Phi) is 6.62. The van der Waals surface area contributed by atoms with Gasteiger partial charge in [-0.25, -0.2) is 4.98 Å². The standard InChI is InChI=1S/C24H33N5O3/c1-18(19-5-3-2-4-6-19)13-22(30)27-11-8-24(32,9-12-27)16-29-17-26-21(14-23(29)31)28-10-7-20(25)15-28/h2-6,14,17-18,20,32H,7-13,15-16,25H2,1H3/t18-,20+/m1/s1. The van der Waals surface area contributed by atoms with Crippen LogP contribution < -0.4 is 16.2 Å². The van der Waals surface area contributed by atoms with Crippen molar-refractivity contribution in [2.24, 2.45) is 5.73 Å². The highest BCUT2D eigenvalue weighted by molar-refractivity contribution is 5.77. The van der Waals surface area contributed by atoms with Gasteiger partial charge in [0.1, 0.15) is 5.82 Å². The van der Waals surface area contributed by atoms with Crippen LogP contribution in [0, 0.1) is 0 Å². The number of aromatic nitrogens is 2. The summed E-state index contributed by atoms with van der Waals surface area (Å²) in [5.74, 6) is 0.896. The van der Waals surface area contributed by atoms with E-state index in [4.69, 9.17) is 5.73 Å². The summed E-state index contributed by atoms with van der Waals surface area (Å²) >= 11 is 0. The molecule has 2 aliphatic heterocycles. The number of amides is 1. The monoisotopic (exact) mass is 439 g/mol. The quantitative estimate of drug-likeness (QED) is 0.704. The zero-order valence-corrected chi connectivity index (χ0v) is 18.7. The smallest absolute Gasteiger partial charge is 0.255 e. The highest BCUT2D eigenvalue weighted by atomic mass is 16.3. The van der Waals surface area contributed by atoms with Crippen LogP contribution in [0.25, 0.3) is 0 Å². The Hall–Kier alpha value is -2.71. The maximum absolute atomic E-state index is 12.8.